The molecule has 0 saturated heterocycles. The van der Waals surface area contributed by atoms with Gasteiger partial charge in [0.1, 0.15) is 48.9 Å². The zero-order valence-corrected chi connectivity index (χ0v) is 19.3. The summed E-state index contributed by atoms with van der Waals surface area (Å²) in [5, 5.41) is 22.7. The average Bonchev–Trinajstić information content (AvgIpc) is 3.35. The van der Waals surface area contributed by atoms with Crippen LogP contribution in [0.1, 0.15) is 36.0 Å². The molecule has 2 aromatic rings. The lowest BCUT2D eigenvalue weighted by Gasteiger charge is -2.14. The molecule has 9 heteroatoms. The Morgan fingerprint density at radius 1 is 0.971 bits per heavy atom. The number of primary amides is 1. The Labute approximate surface area is 199 Å². The summed E-state index contributed by atoms with van der Waals surface area (Å²) in [5.41, 5.74) is 5.20. The van der Waals surface area contributed by atoms with Crippen LogP contribution in [0.4, 0.5) is 0 Å². The van der Waals surface area contributed by atoms with E-state index in [1.165, 1.54) is 25.0 Å². The third-order valence-electron chi connectivity index (χ3n) is 5.43. The Kier molecular flexibility index (Phi) is 10.3. The molecule has 0 aromatic heterocycles. The first kappa shape index (κ1) is 25.6. The summed E-state index contributed by atoms with van der Waals surface area (Å²) in [6, 6.07) is 11.6. The Morgan fingerprint density at radius 3 is 2.32 bits per heavy atom. The number of phenols is 1. The molecule has 186 valence electrons. The van der Waals surface area contributed by atoms with E-state index in [2.05, 4.69) is 5.32 Å². The van der Waals surface area contributed by atoms with Crippen molar-refractivity contribution in [3.63, 3.8) is 0 Å². The van der Waals surface area contributed by atoms with Crippen molar-refractivity contribution in [3.05, 3.63) is 48.0 Å². The maximum absolute atomic E-state index is 11.2. The van der Waals surface area contributed by atoms with Crippen molar-refractivity contribution in [2.24, 2.45) is 5.73 Å². The van der Waals surface area contributed by atoms with Crippen molar-refractivity contribution in [3.8, 4) is 23.0 Å². The molecule has 2 aromatic carbocycles. The number of aromatic hydroxyl groups is 1. The first-order valence-corrected chi connectivity index (χ1v) is 11.6. The summed E-state index contributed by atoms with van der Waals surface area (Å²) in [7, 11) is 0. The minimum absolute atomic E-state index is 0.00552. The van der Waals surface area contributed by atoms with Crippen LogP contribution in [0, 0.1) is 0 Å². The predicted octanol–water partition coefficient (Wildman–Crippen LogP) is 2.24. The fourth-order valence-electron chi connectivity index (χ4n) is 3.62. The van der Waals surface area contributed by atoms with Gasteiger partial charge in [-0.25, -0.2) is 0 Å². The number of hydrogen-bond donors (Lipinski definition) is 4. The fourth-order valence-corrected chi connectivity index (χ4v) is 3.62. The smallest absolute Gasteiger partial charge is 0.252 e. The number of aliphatic hydroxyl groups is 1. The highest BCUT2D eigenvalue weighted by atomic mass is 16.5. The van der Waals surface area contributed by atoms with Gasteiger partial charge in [0.2, 0.25) is 0 Å². The predicted molar refractivity (Wildman–Crippen MR) is 127 cm³/mol. The summed E-state index contributed by atoms with van der Waals surface area (Å²) in [4.78, 5) is 11.2. The maximum Gasteiger partial charge on any atom is 0.252 e. The molecule has 0 heterocycles. The lowest BCUT2D eigenvalue weighted by atomic mass is 10.2. The minimum Gasteiger partial charge on any atom is -0.507 e. The third kappa shape index (κ3) is 8.74. The monoisotopic (exact) mass is 474 g/mol. The maximum atomic E-state index is 11.2. The van der Waals surface area contributed by atoms with Crippen LogP contribution in [-0.4, -0.2) is 67.8 Å². The van der Waals surface area contributed by atoms with Crippen LogP contribution in [0.5, 0.6) is 23.0 Å². The number of rotatable bonds is 15. The van der Waals surface area contributed by atoms with Gasteiger partial charge in [-0.1, -0.05) is 12.8 Å². The zero-order valence-electron chi connectivity index (χ0n) is 19.3. The summed E-state index contributed by atoms with van der Waals surface area (Å²) in [5.74, 6) is 0.907. The molecule has 0 spiro atoms. The molecular weight excluding hydrogens is 440 g/mol. The molecule has 1 aliphatic carbocycles. The first-order valence-electron chi connectivity index (χ1n) is 11.6. The second kappa shape index (κ2) is 13.6. The highest BCUT2D eigenvalue weighted by Crippen LogP contribution is 2.23. The minimum atomic E-state index is -0.726. The largest absolute Gasteiger partial charge is 0.507 e. The van der Waals surface area contributed by atoms with Gasteiger partial charge >= 0.3 is 0 Å². The van der Waals surface area contributed by atoms with E-state index < -0.39 is 12.0 Å². The number of carbonyl (C=O) groups excluding carboxylic acids is 1. The van der Waals surface area contributed by atoms with Crippen molar-refractivity contribution in [1.82, 2.24) is 5.32 Å². The first-order chi connectivity index (χ1) is 16.5. The Bertz CT molecular complexity index is 885. The van der Waals surface area contributed by atoms with E-state index in [1.54, 1.807) is 18.2 Å². The van der Waals surface area contributed by atoms with Crippen LogP contribution in [0.3, 0.4) is 0 Å². The van der Waals surface area contributed by atoms with Gasteiger partial charge in [-0.2, -0.15) is 0 Å². The second-order valence-corrected chi connectivity index (χ2v) is 8.16. The summed E-state index contributed by atoms with van der Waals surface area (Å²) in [6.45, 7) is 2.36. The fraction of sp³-hybridized carbons (Fsp3) is 0.480. The lowest BCUT2D eigenvalue weighted by molar-refractivity contribution is 0.0382. The van der Waals surface area contributed by atoms with Crippen molar-refractivity contribution in [2.45, 2.75) is 37.9 Å². The Hall–Kier alpha value is -3.01. The highest BCUT2D eigenvalue weighted by Gasteiger charge is 2.14. The van der Waals surface area contributed by atoms with Crippen LogP contribution in [0.15, 0.2) is 42.5 Å². The van der Waals surface area contributed by atoms with Gasteiger partial charge in [-0.05, 0) is 55.3 Å². The Balaban J connectivity index is 1.24. The number of ether oxygens (including phenoxy) is 4. The highest BCUT2D eigenvalue weighted by molar-refractivity contribution is 5.95. The molecule has 1 fully saturated rings. The van der Waals surface area contributed by atoms with Crippen LogP contribution in [-0.2, 0) is 4.74 Å². The van der Waals surface area contributed by atoms with Crippen LogP contribution in [0.2, 0.25) is 0 Å². The van der Waals surface area contributed by atoms with E-state index in [0.29, 0.717) is 50.5 Å². The molecule has 0 aliphatic heterocycles. The van der Waals surface area contributed by atoms with Gasteiger partial charge in [-0.3, -0.25) is 4.79 Å². The molecule has 1 aliphatic rings. The molecule has 3 rings (SSSR count). The van der Waals surface area contributed by atoms with Gasteiger partial charge in [0.25, 0.3) is 5.91 Å². The van der Waals surface area contributed by atoms with Gasteiger partial charge in [0, 0.05) is 13.1 Å². The van der Waals surface area contributed by atoms with Crippen LogP contribution < -0.4 is 25.3 Å². The van der Waals surface area contributed by atoms with Crippen molar-refractivity contribution in [2.75, 3.05) is 39.5 Å². The third-order valence-corrected chi connectivity index (χ3v) is 5.43. The standard InChI is InChI=1S/C25H34N2O7/c26-25(30)23-15-22(9-10-24(23)29)31-12-11-27-16-18(28)17-34-21-7-5-20(6-8-21)33-14-13-32-19-3-1-2-4-19/h5-10,15,18-19,27-29H,1-4,11-14,16-17H2,(H2,26,30). The Morgan fingerprint density at radius 2 is 1.62 bits per heavy atom. The van der Waals surface area contributed by atoms with E-state index in [-0.39, 0.29) is 17.9 Å². The van der Waals surface area contributed by atoms with Crippen molar-refractivity contribution < 1.29 is 34.0 Å². The van der Waals surface area contributed by atoms with E-state index >= 15 is 0 Å². The molecule has 0 radical (unpaired) electrons. The summed E-state index contributed by atoms with van der Waals surface area (Å²) < 4.78 is 22.6. The number of benzene rings is 2. The SMILES string of the molecule is NC(=O)c1cc(OCCNCC(O)COc2ccc(OCCOC3CCCC3)cc2)ccc1O. The van der Waals surface area contributed by atoms with Gasteiger partial charge < -0.3 is 40.2 Å². The number of aliphatic hydroxyl groups excluding tert-OH is 1. The van der Waals surface area contributed by atoms with Gasteiger partial charge in [0.15, 0.2) is 0 Å². The summed E-state index contributed by atoms with van der Waals surface area (Å²) >= 11 is 0. The number of hydrogen-bond acceptors (Lipinski definition) is 8. The normalized spacial score (nSPS) is 14.6. The van der Waals surface area contributed by atoms with E-state index in [9.17, 15) is 15.0 Å². The van der Waals surface area contributed by atoms with Gasteiger partial charge in [0.05, 0.1) is 18.3 Å². The van der Waals surface area contributed by atoms with E-state index in [0.717, 1.165) is 18.6 Å². The molecule has 0 bridgehead atoms. The number of nitrogens with one attached hydrogen (secondary N) is 1. The van der Waals surface area contributed by atoms with Crippen LogP contribution in [0.25, 0.3) is 0 Å². The van der Waals surface area contributed by atoms with E-state index in [1.807, 2.05) is 12.1 Å². The molecular formula is C25H34N2O7. The molecule has 34 heavy (non-hydrogen) atoms. The molecule has 1 unspecified atom stereocenters. The molecule has 5 N–H and O–H groups in total. The van der Waals surface area contributed by atoms with Crippen molar-refractivity contribution in [1.29, 1.82) is 0 Å². The number of carbonyl (C=O) groups is 1. The molecule has 1 atom stereocenters. The zero-order chi connectivity index (χ0) is 24.2. The molecule has 1 amide bonds. The second-order valence-electron chi connectivity index (χ2n) is 8.16. The van der Waals surface area contributed by atoms with Crippen molar-refractivity contribution >= 4 is 5.91 Å². The lowest BCUT2D eigenvalue weighted by Crippen LogP contribution is -2.33. The number of amides is 1. The van der Waals surface area contributed by atoms with Gasteiger partial charge in [-0.15, -0.1) is 0 Å². The van der Waals surface area contributed by atoms with E-state index in [4.69, 9.17) is 24.7 Å². The summed E-state index contributed by atoms with van der Waals surface area (Å²) in [6.07, 6.45) is 4.52. The quantitative estimate of drug-likeness (QED) is 0.289. The average molecular weight is 475 g/mol. The van der Waals surface area contributed by atoms with Crippen LogP contribution >= 0.6 is 0 Å². The molecule has 9 nitrogen and oxygen atoms in total. The molecule has 1 saturated carbocycles. The number of nitrogens with two attached hydrogens (primary N) is 1. The topological polar surface area (TPSA) is 133 Å².